The molecule has 2 heterocycles. The number of carbonyl (C=O) groups is 1. The maximum atomic E-state index is 10.5. The molecule has 0 spiro atoms. The van der Waals surface area contributed by atoms with Crippen LogP contribution in [0.3, 0.4) is 0 Å². The molecule has 17 heavy (non-hydrogen) atoms. The van der Waals surface area contributed by atoms with Crippen molar-refractivity contribution in [3.63, 3.8) is 0 Å². The van der Waals surface area contributed by atoms with Crippen molar-refractivity contribution in [2.45, 2.75) is 13.3 Å². The minimum atomic E-state index is -0.946. The van der Waals surface area contributed by atoms with Crippen molar-refractivity contribution in [3.05, 3.63) is 16.2 Å². The van der Waals surface area contributed by atoms with Gasteiger partial charge in [-0.15, -0.1) is 11.3 Å². The van der Waals surface area contributed by atoms with Gasteiger partial charge in [0.25, 0.3) is 0 Å². The zero-order valence-electron chi connectivity index (χ0n) is 9.03. The van der Waals surface area contributed by atoms with Crippen LogP contribution in [-0.2, 0) is 11.2 Å². The van der Waals surface area contributed by atoms with E-state index in [1.165, 1.54) is 11.3 Å². The second-order valence-electron chi connectivity index (χ2n) is 3.37. The fraction of sp³-hybridized carbons (Fsp3) is 0.300. The molecule has 0 radical (unpaired) electrons. The van der Waals surface area contributed by atoms with E-state index in [4.69, 9.17) is 16.7 Å². The Morgan fingerprint density at radius 1 is 1.59 bits per heavy atom. The Balaban J connectivity index is 2.44. The Labute approximate surface area is 106 Å². The van der Waals surface area contributed by atoms with E-state index in [0.717, 1.165) is 21.5 Å². The van der Waals surface area contributed by atoms with E-state index in [1.54, 1.807) is 0 Å². The Morgan fingerprint density at radius 2 is 2.35 bits per heavy atom. The number of nitrogens with zero attached hydrogens (tertiary/aromatic N) is 2. The quantitative estimate of drug-likeness (QED) is 0.835. The summed E-state index contributed by atoms with van der Waals surface area (Å²) in [5, 5.41) is 12.3. The normalized spacial score (nSPS) is 10.7. The van der Waals surface area contributed by atoms with Crippen molar-refractivity contribution in [2.24, 2.45) is 0 Å². The second-order valence-corrected chi connectivity index (χ2v) is 4.83. The molecule has 2 aromatic rings. The lowest BCUT2D eigenvalue weighted by Gasteiger charge is -2.03. The van der Waals surface area contributed by atoms with Gasteiger partial charge in [0.1, 0.15) is 17.2 Å². The van der Waals surface area contributed by atoms with Crippen LogP contribution in [0, 0.1) is 0 Å². The van der Waals surface area contributed by atoms with Gasteiger partial charge >= 0.3 is 5.97 Å². The highest BCUT2D eigenvalue weighted by Crippen LogP contribution is 2.30. The van der Waals surface area contributed by atoms with Gasteiger partial charge < -0.3 is 10.4 Å². The van der Waals surface area contributed by atoms with E-state index in [2.05, 4.69) is 15.3 Å². The molecule has 0 saturated heterocycles. The minimum Gasteiger partial charge on any atom is -0.480 e. The molecular weight excluding hydrogens is 262 g/mol. The first-order valence-electron chi connectivity index (χ1n) is 5.01. The van der Waals surface area contributed by atoms with Crippen LogP contribution in [0.4, 0.5) is 5.82 Å². The van der Waals surface area contributed by atoms with Gasteiger partial charge in [-0.25, -0.2) is 9.97 Å². The molecule has 2 rings (SSSR count). The molecule has 7 heteroatoms. The number of hydrogen-bond acceptors (Lipinski definition) is 5. The average molecular weight is 272 g/mol. The van der Waals surface area contributed by atoms with E-state index >= 15 is 0 Å². The van der Waals surface area contributed by atoms with Crippen molar-refractivity contribution >= 4 is 44.9 Å². The molecule has 0 aliphatic rings. The first kappa shape index (κ1) is 12.1. The fourth-order valence-corrected chi connectivity index (χ4v) is 2.60. The van der Waals surface area contributed by atoms with Gasteiger partial charge in [-0.05, 0) is 24.1 Å². The number of aryl methyl sites for hydroxylation is 1. The Morgan fingerprint density at radius 3 is 3.00 bits per heavy atom. The highest BCUT2D eigenvalue weighted by Gasteiger charge is 2.11. The molecule has 0 aromatic carbocycles. The van der Waals surface area contributed by atoms with Crippen molar-refractivity contribution in [3.8, 4) is 0 Å². The predicted octanol–water partition coefficient (Wildman–Crippen LogP) is 2.40. The smallest absolute Gasteiger partial charge is 0.322 e. The van der Waals surface area contributed by atoms with Crippen LogP contribution >= 0.6 is 22.9 Å². The summed E-state index contributed by atoms with van der Waals surface area (Å²) < 4.78 is 0. The number of anilines is 1. The number of carboxylic acid groups (broad SMARTS) is 1. The standard InChI is InChI=1S/C10H10ClN3O2S/c1-2-5-3-6-8(12-4-7(15)16)13-10(11)14-9(6)17-5/h3H,2,4H2,1H3,(H,15,16)(H,12,13,14). The van der Waals surface area contributed by atoms with Crippen LogP contribution in [0.1, 0.15) is 11.8 Å². The van der Waals surface area contributed by atoms with E-state index in [0.29, 0.717) is 5.82 Å². The molecule has 0 atom stereocenters. The molecule has 5 nitrogen and oxygen atoms in total. The van der Waals surface area contributed by atoms with E-state index in [1.807, 2.05) is 13.0 Å². The third-order valence-electron chi connectivity index (χ3n) is 2.17. The first-order valence-corrected chi connectivity index (χ1v) is 6.21. The van der Waals surface area contributed by atoms with Gasteiger partial charge in [-0.2, -0.15) is 0 Å². The number of aliphatic carboxylic acids is 1. The minimum absolute atomic E-state index is 0.120. The topological polar surface area (TPSA) is 75.1 Å². The number of aromatic nitrogens is 2. The van der Waals surface area contributed by atoms with Crippen molar-refractivity contribution in [1.29, 1.82) is 0 Å². The van der Waals surface area contributed by atoms with Crippen LogP contribution in [-0.4, -0.2) is 27.6 Å². The third kappa shape index (κ3) is 2.65. The molecule has 0 aliphatic carbocycles. The number of carboxylic acids is 1. The Hall–Kier alpha value is -1.40. The maximum absolute atomic E-state index is 10.5. The summed E-state index contributed by atoms with van der Waals surface area (Å²) >= 11 is 7.33. The van der Waals surface area contributed by atoms with Gasteiger partial charge in [-0.3, -0.25) is 4.79 Å². The SMILES string of the molecule is CCc1cc2c(NCC(=O)O)nc(Cl)nc2s1. The lowest BCUT2D eigenvalue weighted by molar-refractivity contribution is -0.134. The zero-order chi connectivity index (χ0) is 12.4. The highest BCUT2D eigenvalue weighted by molar-refractivity contribution is 7.18. The van der Waals surface area contributed by atoms with Crippen molar-refractivity contribution in [2.75, 3.05) is 11.9 Å². The number of halogens is 1. The number of rotatable bonds is 4. The molecule has 0 unspecified atom stereocenters. The summed E-state index contributed by atoms with van der Waals surface area (Å²) in [7, 11) is 0. The lowest BCUT2D eigenvalue weighted by Crippen LogP contribution is -2.13. The first-order chi connectivity index (χ1) is 8.10. The molecule has 0 bridgehead atoms. The maximum Gasteiger partial charge on any atom is 0.322 e. The molecule has 0 amide bonds. The predicted molar refractivity (Wildman–Crippen MR) is 67.9 cm³/mol. The van der Waals surface area contributed by atoms with Crippen molar-refractivity contribution in [1.82, 2.24) is 9.97 Å². The molecule has 0 saturated carbocycles. The summed E-state index contributed by atoms with van der Waals surface area (Å²) in [5.41, 5.74) is 0. The summed E-state index contributed by atoms with van der Waals surface area (Å²) in [6, 6.07) is 1.96. The number of hydrogen-bond donors (Lipinski definition) is 2. The fourth-order valence-electron chi connectivity index (χ4n) is 1.41. The van der Waals surface area contributed by atoms with Crippen LogP contribution < -0.4 is 5.32 Å². The highest BCUT2D eigenvalue weighted by atomic mass is 35.5. The molecule has 0 aliphatic heterocycles. The average Bonchev–Trinajstić information content (AvgIpc) is 2.68. The molecular formula is C10H10ClN3O2S. The third-order valence-corrected chi connectivity index (χ3v) is 3.51. The van der Waals surface area contributed by atoms with Crippen LogP contribution in [0.2, 0.25) is 5.28 Å². The monoisotopic (exact) mass is 271 g/mol. The largest absolute Gasteiger partial charge is 0.480 e. The molecule has 2 N–H and O–H groups in total. The van der Waals surface area contributed by atoms with Crippen LogP contribution in [0.25, 0.3) is 10.2 Å². The molecule has 0 fully saturated rings. The number of fused-ring (bicyclic) bond motifs is 1. The molecule has 2 aromatic heterocycles. The Bertz CT molecular complexity index is 570. The Kier molecular flexibility index (Phi) is 3.44. The summed E-state index contributed by atoms with van der Waals surface area (Å²) in [5.74, 6) is -0.475. The van der Waals surface area contributed by atoms with Crippen LogP contribution in [0.5, 0.6) is 0 Å². The van der Waals surface area contributed by atoms with Gasteiger partial charge in [-0.1, -0.05) is 6.92 Å². The van der Waals surface area contributed by atoms with E-state index in [9.17, 15) is 4.79 Å². The zero-order valence-corrected chi connectivity index (χ0v) is 10.6. The van der Waals surface area contributed by atoms with Gasteiger partial charge in [0.15, 0.2) is 0 Å². The van der Waals surface area contributed by atoms with Gasteiger partial charge in [0.2, 0.25) is 5.28 Å². The second kappa shape index (κ2) is 4.85. The molecule has 90 valence electrons. The van der Waals surface area contributed by atoms with E-state index < -0.39 is 5.97 Å². The van der Waals surface area contributed by atoms with Gasteiger partial charge in [0, 0.05) is 4.88 Å². The summed E-state index contributed by atoms with van der Waals surface area (Å²) in [6.07, 6.45) is 0.900. The van der Waals surface area contributed by atoms with Crippen molar-refractivity contribution < 1.29 is 9.90 Å². The number of nitrogens with one attached hydrogen (secondary N) is 1. The van der Waals surface area contributed by atoms with E-state index in [-0.39, 0.29) is 11.8 Å². The van der Waals surface area contributed by atoms with Crippen LogP contribution in [0.15, 0.2) is 6.07 Å². The summed E-state index contributed by atoms with van der Waals surface area (Å²) in [4.78, 5) is 20.6. The summed E-state index contributed by atoms with van der Waals surface area (Å²) in [6.45, 7) is 1.85. The lowest BCUT2D eigenvalue weighted by atomic mass is 10.3. The number of thiophene rings is 1. The van der Waals surface area contributed by atoms with Gasteiger partial charge in [0.05, 0.1) is 5.39 Å².